The normalized spacial score (nSPS) is 12.6. The Kier molecular flexibility index (Phi) is 5.80. The van der Waals surface area contributed by atoms with Crippen LogP contribution in [0.4, 0.5) is 4.79 Å². The van der Waals surface area contributed by atoms with Gasteiger partial charge in [-0.1, -0.05) is 23.2 Å². The maximum absolute atomic E-state index is 11.8. The second-order valence-corrected chi connectivity index (χ2v) is 6.07. The lowest BCUT2D eigenvalue weighted by molar-refractivity contribution is -0.137. The number of alkyl carbamates (subject to hydrolysis) is 1. The fraction of sp³-hybridized carbons (Fsp3) is 0.462. The van der Waals surface area contributed by atoms with Gasteiger partial charge in [0.1, 0.15) is 5.60 Å². The van der Waals surface area contributed by atoms with Crippen LogP contribution in [-0.4, -0.2) is 27.8 Å². The highest BCUT2D eigenvalue weighted by atomic mass is 35.5. The van der Waals surface area contributed by atoms with Crippen molar-refractivity contribution < 1.29 is 19.4 Å². The van der Waals surface area contributed by atoms with Crippen LogP contribution in [-0.2, 0) is 9.53 Å². The average Bonchev–Trinajstić information content (AvgIpc) is 2.28. The minimum atomic E-state index is -1.12. The van der Waals surface area contributed by atoms with Crippen LogP contribution in [0.2, 0.25) is 10.0 Å². The molecule has 1 rings (SSSR count). The third kappa shape index (κ3) is 5.77. The van der Waals surface area contributed by atoms with Gasteiger partial charge in [-0.25, -0.2) is 4.79 Å². The highest BCUT2D eigenvalue weighted by molar-refractivity contribution is 6.42. The van der Waals surface area contributed by atoms with Crippen molar-refractivity contribution in [1.29, 1.82) is 0 Å². The number of carbonyl (C=O) groups excluding carboxylic acids is 1. The number of aliphatic carboxylic acids is 1. The van der Waals surface area contributed by atoms with Crippen LogP contribution in [0.3, 0.4) is 0 Å². The maximum atomic E-state index is 11.8. The Bertz CT molecular complexity index is 543. The van der Waals surface area contributed by atoms with Gasteiger partial charge in [-0.05, 0) is 26.8 Å². The Labute approximate surface area is 132 Å². The molecule has 0 bridgehead atoms. The Hall–Kier alpha value is -1.53. The Balaban J connectivity index is 2.98. The lowest BCUT2D eigenvalue weighted by Gasteiger charge is -2.23. The number of rotatable bonds is 4. The lowest BCUT2D eigenvalue weighted by atomic mass is 10.1. The summed E-state index contributed by atoms with van der Waals surface area (Å²) in [5, 5.41) is 11.7. The molecule has 1 atom stereocenters. The third-order valence-electron chi connectivity index (χ3n) is 2.27. The summed E-state index contributed by atoms with van der Waals surface area (Å²) < 4.78 is 5.09. The first kappa shape index (κ1) is 17.5. The van der Waals surface area contributed by atoms with Crippen molar-refractivity contribution >= 4 is 35.3 Å². The van der Waals surface area contributed by atoms with E-state index in [9.17, 15) is 9.59 Å². The molecule has 8 heteroatoms. The second kappa shape index (κ2) is 6.95. The van der Waals surface area contributed by atoms with Crippen molar-refractivity contribution in [2.45, 2.75) is 38.8 Å². The highest BCUT2D eigenvalue weighted by Crippen LogP contribution is 2.29. The minimum absolute atomic E-state index is 0.0986. The van der Waals surface area contributed by atoms with E-state index in [0.717, 1.165) is 0 Å². The van der Waals surface area contributed by atoms with Gasteiger partial charge >= 0.3 is 12.1 Å². The zero-order valence-corrected chi connectivity index (χ0v) is 13.3. The van der Waals surface area contributed by atoms with Crippen LogP contribution in [0.1, 0.15) is 38.9 Å². The van der Waals surface area contributed by atoms with Gasteiger partial charge in [-0.2, -0.15) is 0 Å². The Morgan fingerprint density at radius 1 is 1.43 bits per heavy atom. The molecule has 0 fully saturated rings. The van der Waals surface area contributed by atoms with Gasteiger partial charge in [-0.3, -0.25) is 9.78 Å². The number of carboxylic acid groups (broad SMARTS) is 1. The van der Waals surface area contributed by atoms with E-state index < -0.39 is 30.1 Å². The van der Waals surface area contributed by atoms with Gasteiger partial charge in [-0.15, -0.1) is 0 Å². The summed E-state index contributed by atoms with van der Waals surface area (Å²) in [4.78, 5) is 26.7. The summed E-state index contributed by atoms with van der Waals surface area (Å²) in [6.45, 7) is 5.09. The Morgan fingerprint density at radius 3 is 2.57 bits per heavy atom. The molecule has 1 amide bonds. The zero-order chi connectivity index (χ0) is 16.2. The van der Waals surface area contributed by atoms with Gasteiger partial charge in [0, 0.05) is 6.20 Å². The molecule has 0 aliphatic rings. The number of pyridine rings is 1. The quantitative estimate of drug-likeness (QED) is 0.880. The van der Waals surface area contributed by atoms with Crippen LogP contribution in [0.15, 0.2) is 12.3 Å². The van der Waals surface area contributed by atoms with Crippen molar-refractivity contribution in [3.05, 3.63) is 28.0 Å². The molecule has 1 heterocycles. The third-order valence-corrected chi connectivity index (χ3v) is 3.08. The predicted octanol–water partition coefficient (Wildman–Crippen LogP) is 3.43. The fourth-order valence-electron chi connectivity index (χ4n) is 1.52. The largest absolute Gasteiger partial charge is 0.481 e. The molecule has 0 aliphatic carbocycles. The zero-order valence-electron chi connectivity index (χ0n) is 11.8. The van der Waals surface area contributed by atoms with Crippen molar-refractivity contribution in [1.82, 2.24) is 10.3 Å². The Morgan fingerprint density at radius 2 is 2.05 bits per heavy atom. The van der Waals surface area contributed by atoms with Crippen molar-refractivity contribution in [3.8, 4) is 0 Å². The molecular weight excluding hydrogens is 319 g/mol. The molecule has 6 nitrogen and oxygen atoms in total. The minimum Gasteiger partial charge on any atom is -0.481 e. The van der Waals surface area contributed by atoms with E-state index in [1.54, 1.807) is 20.8 Å². The van der Waals surface area contributed by atoms with E-state index in [2.05, 4.69) is 10.3 Å². The summed E-state index contributed by atoms with van der Waals surface area (Å²) in [6.07, 6.45) is 0.230. The number of carboxylic acids is 1. The van der Waals surface area contributed by atoms with Gasteiger partial charge < -0.3 is 15.2 Å². The summed E-state index contributed by atoms with van der Waals surface area (Å²) in [5.74, 6) is -1.12. The van der Waals surface area contributed by atoms with Crippen LogP contribution >= 0.6 is 23.2 Å². The van der Waals surface area contributed by atoms with Crippen LogP contribution in [0.25, 0.3) is 0 Å². The topological polar surface area (TPSA) is 88.5 Å². The molecule has 0 aromatic carbocycles. The number of aromatic nitrogens is 1. The number of amides is 1. The molecule has 0 spiro atoms. The van der Waals surface area contributed by atoms with Crippen molar-refractivity contribution in [2.24, 2.45) is 0 Å². The first-order valence-corrected chi connectivity index (χ1v) is 6.87. The average molecular weight is 335 g/mol. The number of hydrogen-bond donors (Lipinski definition) is 2. The second-order valence-electron chi connectivity index (χ2n) is 5.29. The van der Waals surface area contributed by atoms with Gasteiger partial charge in [0.05, 0.1) is 28.2 Å². The van der Waals surface area contributed by atoms with E-state index in [-0.39, 0.29) is 15.7 Å². The van der Waals surface area contributed by atoms with E-state index >= 15 is 0 Å². The monoisotopic (exact) mass is 334 g/mol. The number of carbonyl (C=O) groups is 2. The summed E-state index contributed by atoms with van der Waals surface area (Å²) in [5.41, 5.74) is -0.527. The number of halogens is 2. The first-order chi connectivity index (χ1) is 9.60. The molecule has 0 saturated heterocycles. The van der Waals surface area contributed by atoms with E-state index in [1.807, 2.05) is 0 Å². The predicted molar refractivity (Wildman–Crippen MR) is 78.6 cm³/mol. The van der Waals surface area contributed by atoms with Crippen molar-refractivity contribution in [2.75, 3.05) is 0 Å². The van der Waals surface area contributed by atoms with Crippen molar-refractivity contribution in [3.63, 3.8) is 0 Å². The summed E-state index contributed by atoms with van der Waals surface area (Å²) >= 11 is 11.9. The number of nitrogens with one attached hydrogen (secondary N) is 1. The molecule has 0 aliphatic heterocycles. The summed E-state index contributed by atoms with van der Waals surface area (Å²) in [7, 11) is 0. The first-order valence-electron chi connectivity index (χ1n) is 6.11. The van der Waals surface area contributed by atoms with E-state index in [0.29, 0.717) is 0 Å². The van der Waals surface area contributed by atoms with E-state index in [1.165, 1.54) is 12.3 Å². The van der Waals surface area contributed by atoms with Crippen LogP contribution in [0.5, 0.6) is 0 Å². The molecule has 21 heavy (non-hydrogen) atoms. The lowest BCUT2D eigenvalue weighted by Crippen LogP contribution is -2.36. The van der Waals surface area contributed by atoms with E-state index in [4.69, 9.17) is 33.0 Å². The maximum Gasteiger partial charge on any atom is 0.408 e. The van der Waals surface area contributed by atoms with Gasteiger partial charge in [0.25, 0.3) is 0 Å². The standard InChI is InChI=1S/C13H16Cl2N2O4/c1-13(2,3)21-12(20)17-8(6-9(18)19)11-10(15)7(14)4-5-16-11/h4-5,8H,6H2,1-3H3,(H,17,20)(H,18,19). The molecule has 1 aromatic rings. The molecular formula is C13H16Cl2N2O4. The summed E-state index contributed by atoms with van der Waals surface area (Å²) in [6, 6.07) is 0.530. The molecule has 0 saturated carbocycles. The molecule has 0 radical (unpaired) electrons. The van der Waals surface area contributed by atoms with Gasteiger partial charge in [0.2, 0.25) is 0 Å². The molecule has 2 N–H and O–H groups in total. The highest BCUT2D eigenvalue weighted by Gasteiger charge is 2.25. The number of ether oxygens (including phenoxy) is 1. The fourth-order valence-corrected chi connectivity index (χ4v) is 1.92. The smallest absolute Gasteiger partial charge is 0.408 e. The SMILES string of the molecule is CC(C)(C)OC(=O)NC(CC(=O)O)c1nccc(Cl)c1Cl. The number of nitrogens with zero attached hydrogens (tertiary/aromatic N) is 1. The molecule has 1 unspecified atom stereocenters. The van der Waals surface area contributed by atoms with Gasteiger partial charge in [0.15, 0.2) is 0 Å². The van der Waals surface area contributed by atoms with Crippen LogP contribution in [0, 0.1) is 0 Å². The number of hydrogen-bond acceptors (Lipinski definition) is 4. The molecule has 1 aromatic heterocycles. The van der Waals surface area contributed by atoms with Crippen LogP contribution < -0.4 is 5.32 Å². The molecule has 116 valence electrons.